The molecule has 0 spiro atoms. The Labute approximate surface area is 231 Å². The lowest BCUT2D eigenvalue weighted by atomic mass is 9.95. The zero-order valence-electron chi connectivity index (χ0n) is 22.1. The zero-order chi connectivity index (χ0) is 27.1. The number of pyridine rings is 2. The van der Waals surface area contributed by atoms with E-state index in [1.807, 2.05) is 32.9 Å². The summed E-state index contributed by atoms with van der Waals surface area (Å²) < 4.78 is 26.9. The van der Waals surface area contributed by atoms with E-state index < -0.39 is 17.9 Å². The zero-order valence-corrected chi connectivity index (χ0v) is 23.7. The molecule has 5 heterocycles. The Morgan fingerprint density at radius 3 is 2.87 bits per heavy atom. The molecule has 3 aliphatic heterocycles. The quantitative estimate of drug-likeness (QED) is 0.496. The van der Waals surface area contributed by atoms with Crippen LogP contribution in [0.2, 0.25) is 0 Å². The number of alkyl halides is 1. The van der Waals surface area contributed by atoms with Gasteiger partial charge in [0.2, 0.25) is 5.88 Å². The lowest BCUT2D eigenvalue weighted by Crippen LogP contribution is -2.56. The smallest absolute Gasteiger partial charge is 0.410 e. The Morgan fingerprint density at radius 2 is 2.11 bits per heavy atom. The summed E-state index contributed by atoms with van der Waals surface area (Å²) in [5.74, 6) is 0.460. The van der Waals surface area contributed by atoms with E-state index in [4.69, 9.17) is 14.5 Å². The van der Waals surface area contributed by atoms with Crippen LogP contribution in [0.25, 0.3) is 11.0 Å². The van der Waals surface area contributed by atoms with E-state index in [1.54, 1.807) is 11.1 Å². The van der Waals surface area contributed by atoms with Crippen LogP contribution in [0.1, 0.15) is 46.5 Å². The maximum atomic E-state index is 14.3. The first kappa shape index (κ1) is 26.9. The van der Waals surface area contributed by atoms with Crippen molar-refractivity contribution < 1.29 is 18.7 Å². The largest absolute Gasteiger partial charge is 0.476 e. The predicted octanol–water partition coefficient (Wildman–Crippen LogP) is 4.69. The fourth-order valence-corrected chi connectivity index (χ4v) is 6.25. The number of hydrogen-bond acceptors (Lipinski definition) is 8. The Morgan fingerprint density at radius 1 is 1.29 bits per heavy atom. The van der Waals surface area contributed by atoms with E-state index in [0.717, 1.165) is 29.5 Å². The molecule has 0 radical (unpaired) electrons. The highest BCUT2D eigenvalue weighted by molar-refractivity contribution is 9.10. The molecule has 3 fully saturated rings. The first-order chi connectivity index (χ1) is 18.1. The molecule has 3 atom stereocenters. The van der Waals surface area contributed by atoms with Crippen LogP contribution in [0.15, 0.2) is 22.8 Å². The van der Waals surface area contributed by atoms with E-state index >= 15 is 0 Å². The molecule has 0 aliphatic carbocycles. The molecule has 2 aromatic rings. The molecular weight excluding hydrogens is 555 g/mol. The molecule has 0 saturated carbocycles. The van der Waals surface area contributed by atoms with Gasteiger partial charge in [-0.25, -0.2) is 14.2 Å². The number of hydrogen-bond donors (Lipinski definition) is 0. The van der Waals surface area contributed by atoms with Crippen molar-refractivity contribution >= 4 is 38.7 Å². The van der Waals surface area contributed by atoms with Crippen LogP contribution in [0, 0.1) is 11.3 Å². The van der Waals surface area contributed by atoms with Gasteiger partial charge in [-0.1, -0.05) is 0 Å². The van der Waals surface area contributed by atoms with Gasteiger partial charge in [0.15, 0.2) is 0 Å². The molecule has 3 aliphatic rings. The van der Waals surface area contributed by atoms with Crippen molar-refractivity contribution in [1.29, 1.82) is 5.26 Å². The predicted molar refractivity (Wildman–Crippen MR) is 145 cm³/mol. The Bertz CT molecular complexity index is 1250. The molecular formula is C27H34BrFN6O3. The number of rotatable bonds is 5. The molecule has 204 valence electrons. The van der Waals surface area contributed by atoms with Crippen molar-refractivity contribution in [1.82, 2.24) is 19.8 Å². The number of nitrogens with zero attached hydrogens (tertiary/aromatic N) is 6. The third kappa shape index (κ3) is 5.52. The van der Waals surface area contributed by atoms with E-state index in [2.05, 4.69) is 36.8 Å². The Hall–Kier alpha value is -2.71. The molecule has 0 unspecified atom stereocenters. The van der Waals surface area contributed by atoms with E-state index in [1.165, 1.54) is 0 Å². The molecule has 1 amide bonds. The first-order valence-electron chi connectivity index (χ1n) is 13.2. The van der Waals surface area contributed by atoms with Gasteiger partial charge in [-0.3, -0.25) is 9.88 Å². The molecule has 2 aromatic heterocycles. The fourth-order valence-electron chi connectivity index (χ4n) is 5.93. The highest BCUT2D eigenvalue weighted by Gasteiger charge is 2.49. The summed E-state index contributed by atoms with van der Waals surface area (Å²) in [7, 11) is 0. The number of fused-ring (bicyclic) bond motifs is 2. The van der Waals surface area contributed by atoms with Crippen molar-refractivity contribution in [2.75, 3.05) is 44.2 Å². The van der Waals surface area contributed by atoms with Crippen molar-refractivity contribution in [3.63, 3.8) is 0 Å². The van der Waals surface area contributed by atoms with Crippen molar-refractivity contribution in [2.24, 2.45) is 0 Å². The van der Waals surface area contributed by atoms with Gasteiger partial charge < -0.3 is 19.3 Å². The number of piperazine rings is 1. The topological polar surface area (TPSA) is 94.8 Å². The second kappa shape index (κ2) is 10.5. The fraction of sp³-hybridized carbons (Fsp3) is 0.630. The van der Waals surface area contributed by atoms with Gasteiger partial charge in [0.1, 0.15) is 23.9 Å². The van der Waals surface area contributed by atoms with Gasteiger partial charge in [-0.2, -0.15) is 5.26 Å². The standard InChI is InChI=1S/C27H34BrFN6O3/c1-26(2,3)38-25(36)35-10-9-33(16-20(35)5-7-30)22-12-23(32-21-11-18(28)14-31-24(21)22)37-17-27-6-4-8-34(27)15-19(29)13-27/h11-12,14,19-20H,4-6,8-10,13,15-17H2,1-3H3/t19-,20+,27+/m1/s1. The van der Waals surface area contributed by atoms with Gasteiger partial charge in [0.05, 0.1) is 35.3 Å². The van der Waals surface area contributed by atoms with Crippen LogP contribution in [-0.2, 0) is 4.74 Å². The van der Waals surface area contributed by atoms with Crippen molar-refractivity contribution in [2.45, 2.75) is 69.8 Å². The normalized spacial score (nSPS) is 25.9. The number of carbonyl (C=O) groups is 1. The maximum Gasteiger partial charge on any atom is 0.410 e. The summed E-state index contributed by atoms with van der Waals surface area (Å²) in [5.41, 5.74) is 1.33. The SMILES string of the molecule is CC(C)(C)OC(=O)N1CCN(c2cc(OC[C@@]34CCCN3C[C@H](F)C4)nc3cc(Br)cnc23)C[C@@H]1CC#N. The maximum absolute atomic E-state index is 14.3. The van der Waals surface area contributed by atoms with Crippen molar-refractivity contribution in [3.8, 4) is 11.9 Å². The van der Waals surface area contributed by atoms with Gasteiger partial charge >= 0.3 is 6.09 Å². The van der Waals surface area contributed by atoms with Crippen LogP contribution in [0.3, 0.4) is 0 Å². The van der Waals surface area contributed by atoms with Gasteiger partial charge in [-0.15, -0.1) is 0 Å². The summed E-state index contributed by atoms with van der Waals surface area (Å²) >= 11 is 3.49. The summed E-state index contributed by atoms with van der Waals surface area (Å²) in [6.45, 7) is 8.65. The second-order valence-electron chi connectivity index (χ2n) is 11.5. The average Bonchev–Trinajstić information content (AvgIpc) is 3.36. The summed E-state index contributed by atoms with van der Waals surface area (Å²) in [6, 6.07) is 5.66. The summed E-state index contributed by atoms with van der Waals surface area (Å²) in [5, 5.41) is 9.49. The molecule has 3 saturated heterocycles. The van der Waals surface area contributed by atoms with E-state index in [-0.39, 0.29) is 18.0 Å². The number of nitriles is 1. The minimum atomic E-state index is -0.822. The van der Waals surface area contributed by atoms with Gasteiger partial charge in [-0.05, 0) is 62.2 Å². The lowest BCUT2D eigenvalue weighted by molar-refractivity contribution is 0.0145. The highest BCUT2D eigenvalue weighted by Crippen LogP contribution is 2.41. The monoisotopic (exact) mass is 588 g/mol. The van der Waals surface area contributed by atoms with Crippen LogP contribution < -0.4 is 9.64 Å². The number of ether oxygens (including phenoxy) is 2. The Kier molecular flexibility index (Phi) is 7.40. The summed E-state index contributed by atoms with van der Waals surface area (Å²) in [6.07, 6.45) is 3.14. The highest BCUT2D eigenvalue weighted by atomic mass is 79.9. The molecule has 0 aromatic carbocycles. The van der Waals surface area contributed by atoms with Crippen LogP contribution in [-0.4, -0.2) is 88.5 Å². The average molecular weight is 590 g/mol. The molecule has 9 nitrogen and oxygen atoms in total. The summed E-state index contributed by atoms with van der Waals surface area (Å²) in [4.78, 5) is 28.2. The van der Waals surface area contributed by atoms with Gasteiger partial charge in [0, 0.05) is 49.3 Å². The molecule has 38 heavy (non-hydrogen) atoms. The van der Waals surface area contributed by atoms with E-state index in [9.17, 15) is 14.4 Å². The van der Waals surface area contributed by atoms with Crippen LogP contribution >= 0.6 is 15.9 Å². The Balaban J connectivity index is 1.41. The van der Waals surface area contributed by atoms with Crippen LogP contribution in [0.5, 0.6) is 5.88 Å². The molecule has 11 heteroatoms. The number of aromatic nitrogens is 2. The van der Waals surface area contributed by atoms with Crippen LogP contribution in [0.4, 0.5) is 14.9 Å². The number of carbonyl (C=O) groups excluding carboxylic acids is 1. The lowest BCUT2D eigenvalue weighted by Gasteiger charge is -2.42. The number of anilines is 1. The first-order valence-corrected chi connectivity index (χ1v) is 14.0. The second-order valence-corrected chi connectivity index (χ2v) is 12.4. The minimum absolute atomic E-state index is 0.184. The third-order valence-electron chi connectivity index (χ3n) is 7.60. The number of amides is 1. The third-order valence-corrected chi connectivity index (χ3v) is 8.03. The number of halogens is 2. The van der Waals surface area contributed by atoms with Crippen molar-refractivity contribution in [3.05, 3.63) is 22.8 Å². The molecule has 0 N–H and O–H groups in total. The van der Waals surface area contributed by atoms with E-state index in [0.29, 0.717) is 56.1 Å². The molecule has 0 bridgehead atoms. The van der Waals surface area contributed by atoms with Gasteiger partial charge in [0.25, 0.3) is 0 Å². The minimum Gasteiger partial charge on any atom is -0.476 e. The molecule has 5 rings (SSSR count).